The van der Waals surface area contributed by atoms with Gasteiger partial charge in [0.05, 0.1) is 33.1 Å². The van der Waals surface area contributed by atoms with Gasteiger partial charge in [-0.3, -0.25) is 9.48 Å². The first-order valence-corrected chi connectivity index (χ1v) is 5.94. The molecule has 1 aromatic carbocycles. The number of carbonyl (C=O) groups excluding carboxylic acids is 1. The van der Waals surface area contributed by atoms with E-state index < -0.39 is 0 Å². The number of carbonyl (C=O) groups is 1. The average Bonchev–Trinajstić information content (AvgIpc) is 2.91. The molecule has 0 unspecified atom stereocenters. The Morgan fingerprint density at radius 3 is 2.05 bits per heavy atom. The van der Waals surface area contributed by atoms with E-state index in [0.717, 1.165) is 0 Å². The third-order valence-corrected chi connectivity index (χ3v) is 2.89. The molecule has 1 aromatic heterocycles. The molecule has 0 radical (unpaired) electrons. The van der Waals surface area contributed by atoms with Crippen LogP contribution in [0.4, 0.5) is 0 Å². The highest BCUT2D eigenvalue weighted by Crippen LogP contribution is 2.38. The Morgan fingerprint density at radius 2 is 1.65 bits per heavy atom. The lowest BCUT2D eigenvalue weighted by atomic mass is 10.1. The largest absolute Gasteiger partial charge is 0.493 e. The third kappa shape index (κ3) is 2.45. The minimum atomic E-state index is -0.155. The van der Waals surface area contributed by atoms with Gasteiger partial charge < -0.3 is 14.2 Å². The number of rotatable bonds is 5. The lowest BCUT2D eigenvalue weighted by molar-refractivity contribution is 0.103. The summed E-state index contributed by atoms with van der Waals surface area (Å²) in [4.78, 5) is 12.4. The molecule has 0 aliphatic carbocycles. The second-order valence-corrected chi connectivity index (χ2v) is 4.15. The molecule has 2 aromatic rings. The van der Waals surface area contributed by atoms with Crippen LogP contribution in [0.5, 0.6) is 17.2 Å². The van der Waals surface area contributed by atoms with Gasteiger partial charge >= 0.3 is 0 Å². The van der Waals surface area contributed by atoms with E-state index in [-0.39, 0.29) is 5.78 Å². The van der Waals surface area contributed by atoms with E-state index >= 15 is 0 Å². The van der Waals surface area contributed by atoms with Gasteiger partial charge in [0, 0.05) is 18.8 Å². The molecule has 0 bridgehead atoms. The molecule has 20 heavy (non-hydrogen) atoms. The highest BCUT2D eigenvalue weighted by molar-refractivity contribution is 6.09. The number of aryl methyl sites for hydroxylation is 1. The van der Waals surface area contributed by atoms with E-state index in [1.165, 1.54) is 27.5 Å². The molecule has 0 saturated carbocycles. The van der Waals surface area contributed by atoms with Crippen LogP contribution in [0, 0.1) is 0 Å². The summed E-state index contributed by atoms with van der Waals surface area (Å²) < 4.78 is 17.3. The molecule has 0 aliphatic rings. The van der Waals surface area contributed by atoms with Crippen LogP contribution in [0.3, 0.4) is 0 Å². The van der Waals surface area contributed by atoms with Crippen molar-refractivity contribution < 1.29 is 19.0 Å². The molecule has 6 nitrogen and oxygen atoms in total. The minimum absolute atomic E-state index is 0.155. The summed E-state index contributed by atoms with van der Waals surface area (Å²) in [6, 6.07) is 3.24. The van der Waals surface area contributed by atoms with Crippen LogP contribution in [0.15, 0.2) is 24.5 Å². The fraction of sp³-hybridized carbons (Fsp3) is 0.286. The number of nitrogens with zero attached hydrogens (tertiary/aromatic N) is 2. The van der Waals surface area contributed by atoms with Gasteiger partial charge in [-0.15, -0.1) is 0 Å². The van der Waals surface area contributed by atoms with E-state index in [9.17, 15) is 4.79 Å². The molecule has 6 heteroatoms. The molecule has 1 heterocycles. The Morgan fingerprint density at radius 1 is 1.05 bits per heavy atom. The second kappa shape index (κ2) is 5.64. The van der Waals surface area contributed by atoms with E-state index in [1.54, 1.807) is 30.1 Å². The van der Waals surface area contributed by atoms with Crippen molar-refractivity contribution in [3.8, 4) is 17.2 Å². The third-order valence-electron chi connectivity index (χ3n) is 2.89. The number of aromatic nitrogens is 2. The molecule has 0 amide bonds. The van der Waals surface area contributed by atoms with Crippen molar-refractivity contribution >= 4 is 5.78 Å². The zero-order valence-corrected chi connectivity index (χ0v) is 11.8. The number of ether oxygens (including phenoxy) is 3. The Bertz CT molecular complexity index is 609. The molecule has 0 saturated heterocycles. The smallest absolute Gasteiger partial charge is 0.203 e. The highest BCUT2D eigenvalue weighted by Gasteiger charge is 2.18. The van der Waals surface area contributed by atoms with Crippen molar-refractivity contribution in [3.05, 3.63) is 35.7 Å². The van der Waals surface area contributed by atoms with Gasteiger partial charge in [-0.2, -0.15) is 5.10 Å². The topological polar surface area (TPSA) is 62.6 Å². The fourth-order valence-electron chi connectivity index (χ4n) is 1.92. The summed E-state index contributed by atoms with van der Waals surface area (Å²) in [6.07, 6.45) is 3.18. The van der Waals surface area contributed by atoms with Crippen LogP contribution in [0.1, 0.15) is 15.9 Å². The Kier molecular flexibility index (Phi) is 3.93. The lowest BCUT2D eigenvalue weighted by Gasteiger charge is -2.13. The number of benzene rings is 1. The monoisotopic (exact) mass is 276 g/mol. The molecule has 0 N–H and O–H groups in total. The molecule has 2 rings (SSSR count). The number of ketones is 1. The maximum absolute atomic E-state index is 12.4. The maximum Gasteiger partial charge on any atom is 0.203 e. The molecular formula is C14H16N2O4. The predicted octanol–water partition coefficient (Wildman–Crippen LogP) is 1.68. The lowest BCUT2D eigenvalue weighted by Crippen LogP contribution is -2.03. The second-order valence-electron chi connectivity index (χ2n) is 4.15. The van der Waals surface area contributed by atoms with Crippen LogP contribution < -0.4 is 14.2 Å². The Hall–Kier alpha value is -2.50. The molecule has 0 atom stereocenters. The summed E-state index contributed by atoms with van der Waals surface area (Å²) in [5, 5.41) is 3.99. The van der Waals surface area contributed by atoms with Crippen LogP contribution in [0.2, 0.25) is 0 Å². The zero-order chi connectivity index (χ0) is 14.7. The van der Waals surface area contributed by atoms with Gasteiger partial charge in [-0.25, -0.2) is 0 Å². The summed E-state index contributed by atoms with van der Waals surface area (Å²) in [5.41, 5.74) is 0.953. The zero-order valence-electron chi connectivity index (χ0n) is 11.8. The first-order valence-electron chi connectivity index (χ1n) is 5.94. The van der Waals surface area contributed by atoms with Gasteiger partial charge in [0.15, 0.2) is 17.3 Å². The summed E-state index contributed by atoms with van der Waals surface area (Å²) in [6.45, 7) is 0. The normalized spacial score (nSPS) is 10.2. The van der Waals surface area contributed by atoms with Crippen LogP contribution in [-0.2, 0) is 7.05 Å². The van der Waals surface area contributed by atoms with E-state index in [2.05, 4.69) is 5.10 Å². The summed E-state index contributed by atoms with van der Waals surface area (Å²) in [5.74, 6) is 1.19. The van der Waals surface area contributed by atoms with E-state index in [1.807, 2.05) is 0 Å². The number of hydrogen-bond donors (Lipinski definition) is 0. The Labute approximate surface area is 116 Å². The van der Waals surface area contributed by atoms with Crippen molar-refractivity contribution in [1.82, 2.24) is 9.78 Å². The van der Waals surface area contributed by atoms with Gasteiger partial charge in [0.25, 0.3) is 0 Å². The van der Waals surface area contributed by atoms with Gasteiger partial charge in [0.2, 0.25) is 5.75 Å². The standard InChI is InChI=1S/C14H16N2O4/c1-16-8-10(7-15-16)13(17)9-5-11(18-2)14(20-4)12(6-9)19-3/h5-8H,1-4H3. The summed E-state index contributed by atoms with van der Waals surface area (Å²) in [7, 11) is 6.29. The fourth-order valence-corrected chi connectivity index (χ4v) is 1.92. The Balaban J connectivity index is 2.49. The first-order chi connectivity index (χ1) is 9.60. The van der Waals surface area contributed by atoms with Gasteiger partial charge in [-0.1, -0.05) is 0 Å². The average molecular weight is 276 g/mol. The highest BCUT2D eigenvalue weighted by atomic mass is 16.5. The van der Waals surface area contributed by atoms with Crippen molar-refractivity contribution in [3.63, 3.8) is 0 Å². The quantitative estimate of drug-likeness (QED) is 0.777. The molecule has 0 aliphatic heterocycles. The van der Waals surface area contributed by atoms with Crippen LogP contribution in [0.25, 0.3) is 0 Å². The van der Waals surface area contributed by atoms with E-state index in [0.29, 0.717) is 28.4 Å². The molecular weight excluding hydrogens is 260 g/mol. The van der Waals surface area contributed by atoms with Crippen molar-refractivity contribution in [2.75, 3.05) is 21.3 Å². The van der Waals surface area contributed by atoms with Crippen LogP contribution in [-0.4, -0.2) is 36.9 Å². The molecule has 0 spiro atoms. The molecule has 106 valence electrons. The van der Waals surface area contributed by atoms with Crippen LogP contribution >= 0.6 is 0 Å². The first kappa shape index (κ1) is 13.9. The predicted molar refractivity (Wildman–Crippen MR) is 72.7 cm³/mol. The van der Waals surface area contributed by atoms with Crippen molar-refractivity contribution in [2.45, 2.75) is 0 Å². The minimum Gasteiger partial charge on any atom is -0.493 e. The van der Waals surface area contributed by atoms with Crippen molar-refractivity contribution in [1.29, 1.82) is 0 Å². The van der Waals surface area contributed by atoms with Crippen molar-refractivity contribution in [2.24, 2.45) is 7.05 Å². The maximum atomic E-state index is 12.4. The summed E-state index contributed by atoms with van der Waals surface area (Å²) >= 11 is 0. The number of hydrogen-bond acceptors (Lipinski definition) is 5. The van der Waals surface area contributed by atoms with Gasteiger partial charge in [-0.05, 0) is 12.1 Å². The number of methoxy groups -OCH3 is 3. The SMILES string of the molecule is COc1cc(C(=O)c2cnn(C)c2)cc(OC)c1OC. The van der Waals surface area contributed by atoms with E-state index in [4.69, 9.17) is 14.2 Å². The molecule has 0 fully saturated rings. The van der Waals surface area contributed by atoms with Gasteiger partial charge in [0.1, 0.15) is 0 Å².